The van der Waals surface area contributed by atoms with E-state index in [9.17, 15) is 19.2 Å². The number of aromatic nitrogens is 1. The van der Waals surface area contributed by atoms with E-state index in [-0.39, 0.29) is 16.9 Å². The van der Waals surface area contributed by atoms with Gasteiger partial charge >= 0.3 is 0 Å². The van der Waals surface area contributed by atoms with Gasteiger partial charge < -0.3 is 4.57 Å². The Morgan fingerprint density at radius 3 is 2.09 bits per heavy atom. The quantitative estimate of drug-likeness (QED) is 0.627. The maximum absolute atomic E-state index is 12.6. The van der Waals surface area contributed by atoms with E-state index in [2.05, 4.69) is 0 Å². The van der Waals surface area contributed by atoms with E-state index < -0.39 is 11.8 Å². The first-order valence-corrected chi connectivity index (χ1v) is 7.25. The van der Waals surface area contributed by atoms with E-state index >= 15 is 0 Å². The highest BCUT2D eigenvalue weighted by Gasteiger charge is 2.39. The molecule has 1 aromatic carbocycles. The standard InChI is InChI=1S/C17H14N2O4/c1-2-7-18-8-11(9-20)14(10-21)15(18)19-16(22)12-5-3-4-6-13(12)17(19)23/h3-6,8-10H,2,7H2,1H3. The smallest absolute Gasteiger partial charge is 0.267 e. The lowest BCUT2D eigenvalue weighted by atomic mass is 10.1. The first kappa shape index (κ1) is 14.9. The average Bonchev–Trinajstić information content (AvgIpc) is 3.03. The van der Waals surface area contributed by atoms with E-state index in [0.717, 1.165) is 11.3 Å². The summed E-state index contributed by atoms with van der Waals surface area (Å²) in [5, 5.41) is 0. The number of hydrogen-bond donors (Lipinski definition) is 0. The molecule has 23 heavy (non-hydrogen) atoms. The molecule has 0 saturated heterocycles. The van der Waals surface area contributed by atoms with Crippen molar-refractivity contribution in [3.8, 4) is 0 Å². The molecule has 0 fully saturated rings. The van der Waals surface area contributed by atoms with Crippen LogP contribution in [-0.2, 0) is 6.54 Å². The van der Waals surface area contributed by atoms with E-state index in [1.807, 2.05) is 6.92 Å². The van der Waals surface area contributed by atoms with Crippen LogP contribution in [0.15, 0.2) is 30.5 Å². The Morgan fingerprint density at radius 1 is 1.00 bits per heavy atom. The van der Waals surface area contributed by atoms with Gasteiger partial charge in [0.05, 0.1) is 16.7 Å². The van der Waals surface area contributed by atoms with Gasteiger partial charge in [0.1, 0.15) is 5.82 Å². The minimum Gasteiger partial charge on any atom is -0.333 e. The fourth-order valence-electron chi connectivity index (χ4n) is 2.84. The molecule has 0 saturated carbocycles. The first-order chi connectivity index (χ1) is 11.1. The summed E-state index contributed by atoms with van der Waals surface area (Å²) in [5.74, 6) is -0.807. The van der Waals surface area contributed by atoms with Gasteiger partial charge in [-0.1, -0.05) is 19.1 Å². The van der Waals surface area contributed by atoms with Crippen molar-refractivity contribution >= 4 is 30.2 Å². The van der Waals surface area contributed by atoms with E-state index in [4.69, 9.17) is 0 Å². The molecule has 6 nitrogen and oxygen atoms in total. The predicted molar refractivity (Wildman–Crippen MR) is 83.1 cm³/mol. The van der Waals surface area contributed by atoms with Gasteiger partial charge in [-0.2, -0.15) is 0 Å². The van der Waals surface area contributed by atoms with Gasteiger partial charge in [0.25, 0.3) is 11.8 Å². The normalized spacial score (nSPS) is 13.3. The zero-order chi connectivity index (χ0) is 16.6. The Morgan fingerprint density at radius 2 is 1.61 bits per heavy atom. The second-order valence-electron chi connectivity index (χ2n) is 5.24. The number of aryl methyl sites for hydroxylation is 1. The number of nitrogens with zero attached hydrogens (tertiary/aromatic N) is 2. The molecule has 0 radical (unpaired) electrons. The molecule has 3 rings (SSSR count). The summed E-state index contributed by atoms with van der Waals surface area (Å²) in [5.41, 5.74) is 0.820. The third kappa shape index (κ3) is 2.11. The third-order valence-corrected chi connectivity index (χ3v) is 3.83. The van der Waals surface area contributed by atoms with Crippen molar-refractivity contribution in [1.29, 1.82) is 0 Å². The van der Waals surface area contributed by atoms with Crippen molar-refractivity contribution in [2.24, 2.45) is 0 Å². The van der Waals surface area contributed by atoms with Gasteiger partial charge in [0.2, 0.25) is 0 Å². The lowest BCUT2D eigenvalue weighted by Gasteiger charge is -2.17. The lowest BCUT2D eigenvalue weighted by molar-refractivity contribution is 0.0923. The Balaban J connectivity index is 2.21. The van der Waals surface area contributed by atoms with Gasteiger partial charge in [0, 0.05) is 18.3 Å². The Labute approximate surface area is 132 Å². The molecule has 6 heteroatoms. The minimum absolute atomic E-state index is 0.0583. The first-order valence-electron chi connectivity index (χ1n) is 7.25. The molecule has 0 aliphatic carbocycles. The summed E-state index contributed by atoms with van der Waals surface area (Å²) in [7, 11) is 0. The number of rotatable bonds is 5. The van der Waals surface area contributed by atoms with E-state index in [1.54, 1.807) is 28.8 Å². The summed E-state index contributed by atoms with van der Waals surface area (Å²) in [6.45, 7) is 2.41. The van der Waals surface area contributed by atoms with Crippen LogP contribution in [0.1, 0.15) is 54.8 Å². The predicted octanol–water partition coefficient (Wildman–Crippen LogP) is 2.32. The van der Waals surface area contributed by atoms with Crippen molar-refractivity contribution < 1.29 is 19.2 Å². The van der Waals surface area contributed by atoms with Crippen LogP contribution < -0.4 is 4.90 Å². The maximum Gasteiger partial charge on any atom is 0.267 e. The van der Waals surface area contributed by atoms with Crippen molar-refractivity contribution in [3.63, 3.8) is 0 Å². The summed E-state index contributed by atoms with van der Waals surface area (Å²) >= 11 is 0. The lowest BCUT2D eigenvalue weighted by Crippen LogP contribution is -2.32. The van der Waals surface area contributed by atoms with Gasteiger partial charge in [-0.05, 0) is 18.6 Å². The largest absolute Gasteiger partial charge is 0.333 e. The molecule has 0 atom stereocenters. The van der Waals surface area contributed by atoms with Crippen molar-refractivity contribution in [2.45, 2.75) is 19.9 Å². The zero-order valence-corrected chi connectivity index (χ0v) is 12.5. The number of benzene rings is 1. The highest BCUT2D eigenvalue weighted by molar-refractivity contribution is 6.35. The highest BCUT2D eigenvalue weighted by Crippen LogP contribution is 2.32. The SMILES string of the molecule is CCCn1cc(C=O)c(C=O)c1N1C(=O)c2ccccc2C1=O. The van der Waals surface area contributed by atoms with Gasteiger partial charge in [-0.15, -0.1) is 0 Å². The molecule has 2 heterocycles. The minimum atomic E-state index is -0.485. The van der Waals surface area contributed by atoms with Crippen molar-refractivity contribution in [2.75, 3.05) is 4.90 Å². The number of carbonyl (C=O) groups excluding carboxylic acids is 4. The Kier molecular flexibility index (Phi) is 3.65. The maximum atomic E-state index is 12.6. The van der Waals surface area contributed by atoms with Gasteiger partial charge in [-0.25, -0.2) is 4.90 Å². The number of anilines is 1. The molecule has 2 amide bonds. The van der Waals surface area contributed by atoms with Crippen LogP contribution in [0.2, 0.25) is 0 Å². The molecule has 1 aromatic heterocycles. The van der Waals surface area contributed by atoms with Crippen LogP contribution >= 0.6 is 0 Å². The number of aldehydes is 2. The van der Waals surface area contributed by atoms with Crippen LogP contribution in [-0.4, -0.2) is 29.0 Å². The molecular weight excluding hydrogens is 296 g/mol. The summed E-state index contributed by atoms with van der Waals surface area (Å²) in [6, 6.07) is 6.50. The summed E-state index contributed by atoms with van der Waals surface area (Å²) in [4.78, 5) is 48.9. The summed E-state index contributed by atoms with van der Waals surface area (Å²) < 4.78 is 1.61. The molecule has 0 unspecified atom stereocenters. The zero-order valence-electron chi connectivity index (χ0n) is 12.5. The van der Waals surface area contributed by atoms with E-state index in [1.165, 1.54) is 6.20 Å². The number of imide groups is 1. The fraction of sp³-hybridized carbons (Fsp3) is 0.176. The number of carbonyl (C=O) groups is 4. The van der Waals surface area contributed by atoms with E-state index in [0.29, 0.717) is 30.2 Å². The second-order valence-corrected chi connectivity index (χ2v) is 5.24. The fourth-order valence-corrected chi connectivity index (χ4v) is 2.84. The van der Waals surface area contributed by atoms with Crippen molar-refractivity contribution in [3.05, 3.63) is 52.7 Å². The summed E-state index contributed by atoms with van der Waals surface area (Å²) in [6.07, 6.45) is 3.28. The molecule has 0 bridgehead atoms. The van der Waals surface area contributed by atoms with Crippen LogP contribution in [0.4, 0.5) is 5.82 Å². The monoisotopic (exact) mass is 310 g/mol. The van der Waals surface area contributed by atoms with Crippen LogP contribution in [0.3, 0.4) is 0 Å². The number of hydrogen-bond acceptors (Lipinski definition) is 4. The molecule has 1 aliphatic rings. The Hall–Kier alpha value is -3.02. The molecule has 2 aromatic rings. The Bertz CT molecular complexity index is 800. The third-order valence-electron chi connectivity index (χ3n) is 3.83. The highest BCUT2D eigenvalue weighted by atomic mass is 16.2. The van der Waals surface area contributed by atoms with Crippen LogP contribution in [0.25, 0.3) is 0 Å². The van der Waals surface area contributed by atoms with Crippen LogP contribution in [0.5, 0.6) is 0 Å². The molecule has 0 spiro atoms. The number of amides is 2. The molecule has 116 valence electrons. The molecule has 1 aliphatic heterocycles. The molecule has 0 N–H and O–H groups in total. The van der Waals surface area contributed by atoms with Gasteiger partial charge in [-0.3, -0.25) is 19.2 Å². The van der Waals surface area contributed by atoms with Crippen molar-refractivity contribution in [1.82, 2.24) is 4.57 Å². The van der Waals surface area contributed by atoms with Crippen LogP contribution in [0, 0.1) is 0 Å². The second kappa shape index (κ2) is 5.64. The number of fused-ring (bicyclic) bond motifs is 1. The van der Waals surface area contributed by atoms with Gasteiger partial charge in [0.15, 0.2) is 12.6 Å². The average molecular weight is 310 g/mol. The topological polar surface area (TPSA) is 76.5 Å². The molecular formula is C17H14N2O4.